The molecule has 0 radical (unpaired) electrons. The van der Waals surface area contributed by atoms with Crippen LogP contribution in [0.25, 0.3) is 0 Å². The second kappa shape index (κ2) is 5.87. The molecule has 21 heavy (non-hydrogen) atoms. The molecule has 2 rings (SSSR count). The van der Waals surface area contributed by atoms with Gasteiger partial charge in [-0.15, -0.1) is 0 Å². The van der Waals surface area contributed by atoms with Gasteiger partial charge in [-0.05, 0) is 36.8 Å². The van der Waals surface area contributed by atoms with Crippen molar-refractivity contribution in [2.24, 2.45) is 0 Å². The first-order valence-electron chi connectivity index (χ1n) is 6.14. The topological polar surface area (TPSA) is 50.3 Å². The molecule has 0 N–H and O–H groups in total. The van der Waals surface area contributed by atoms with Gasteiger partial charge in [-0.1, -0.05) is 6.07 Å². The summed E-state index contributed by atoms with van der Waals surface area (Å²) in [5.74, 6) is -1.73. The lowest BCUT2D eigenvalue weighted by molar-refractivity contribution is 0.454. The average molecular weight is 312 g/mol. The summed E-state index contributed by atoms with van der Waals surface area (Å²) >= 11 is 0. The summed E-state index contributed by atoms with van der Waals surface area (Å²) < 4.78 is 52.9. The Hall–Kier alpha value is -1.86. The molecule has 7 heteroatoms. The number of aryl methyl sites for hydroxylation is 1. The van der Waals surface area contributed by atoms with E-state index >= 15 is 0 Å². The Labute approximate surface area is 122 Å². The maximum atomic E-state index is 13.8. The van der Waals surface area contributed by atoms with E-state index < -0.39 is 26.6 Å². The van der Waals surface area contributed by atoms with Crippen molar-refractivity contribution in [1.82, 2.24) is 9.29 Å². The smallest absolute Gasteiger partial charge is 0.246 e. The number of aromatic nitrogens is 1. The highest BCUT2D eigenvalue weighted by atomic mass is 32.2. The molecule has 0 aliphatic rings. The quantitative estimate of drug-likeness (QED) is 0.871. The van der Waals surface area contributed by atoms with Gasteiger partial charge >= 0.3 is 0 Å². The zero-order chi connectivity index (χ0) is 15.6. The zero-order valence-corrected chi connectivity index (χ0v) is 12.4. The van der Waals surface area contributed by atoms with Crippen LogP contribution < -0.4 is 0 Å². The van der Waals surface area contributed by atoms with Crippen molar-refractivity contribution in [3.63, 3.8) is 0 Å². The summed E-state index contributed by atoms with van der Waals surface area (Å²) in [5, 5.41) is 0. The lowest BCUT2D eigenvalue weighted by Gasteiger charge is -2.17. The minimum atomic E-state index is -4.13. The molecule has 0 spiro atoms. The Balaban J connectivity index is 2.36. The molecule has 0 saturated carbocycles. The number of hydrogen-bond donors (Lipinski definition) is 0. The monoisotopic (exact) mass is 312 g/mol. The molecule has 0 amide bonds. The third-order valence-corrected chi connectivity index (χ3v) is 4.83. The van der Waals surface area contributed by atoms with Crippen molar-refractivity contribution < 1.29 is 17.2 Å². The van der Waals surface area contributed by atoms with E-state index in [0.29, 0.717) is 11.8 Å². The second-order valence-electron chi connectivity index (χ2n) is 4.61. The normalized spacial score (nSPS) is 11.9. The highest BCUT2D eigenvalue weighted by Crippen LogP contribution is 2.22. The summed E-state index contributed by atoms with van der Waals surface area (Å²) in [7, 11) is -2.84. The van der Waals surface area contributed by atoms with Crippen LogP contribution >= 0.6 is 0 Å². The van der Waals surface area contributed by atoms with E-state index in [1.807, 2.05) is 0 Å². The predicted molar refractivity (Wildman–Crippen MR) is 74.0 cm³/mol. The van der Waals surface area contributed by atoms with Crippen LogP contribution in [-0.4, -0.2) is 24.8 Å². The highest BCUT2D eigenvalue weighted by Gasteiger charge is 2.26. The second-order valence-corrected chi connectivity index (χ2v) is 6.63. The molecule has 0 unspecified atom stereocenters. The summed E-state index contributed by atoms with van der Waals surface area (Å²) in [6.45, 7) is 1.34. The summed E-state index contributed by atoms with van der Waals surface area (Å²) in [5.41, 5.74) is 0.565. The fourth-order valence-electron chi connectivity index (χ4n) is 1.80. The number of nitrogens with zero attached hydrogens (tertiary/aromatic N) is 2. The fraction of sp³-hybridized carbons (Fsp3) is 0.214. The van der Waals surface area contributed by atoms with Gasteiger partial charge in [-0.25, -0.2) is 17.2 Å². The third-order valence-electron chi connectivity index (χ3n) is 3.01. The first-order valence-corrected chi connectivity index (χ1v) is 7.58. The third kappa shape index (κ3) is 3.25. The van der Waals surface area contributed by atoms with Gasteiger partial charge in [0.25, 0.3) is 0 Å². The van der Waals surface area contributed by atoms with Crippen LogP contribution in [0.4, 0.5) is 8.78 Å². The minimum absolute atomic E-state index is 0.0297. The SMILES string of the molecule is Cc1cc(F)c(S(=O)(=O)N(C)Cc2ccccn2)cc1F. The van der Waals surface area contributed by atoms with E-state index in [1.54, 1.807) is 18.2 Å². The van der Waals surface area contributed by atoms with Crippen molar-refractivity contribution in [2.45, 2.75) is 18.4 Å². The standard InChI is InChI=1S/C14H14F2N2O2S/c1-10-7-13(16)14(8-12(10)15)21(19,20)18(2)9-11-5-3-4-6-17-11/h3-8H,9H2,1-2H3. The van der Waals surface area contributed by atoms with Crippen molar-refractivity contribution in [3.8, 4) is 0 Å². The van der Waals surface area contributed by atoms with Gasteiger partial charge in [0.2, 0.25) is 10.0 Å². The van der Waals surface area contributed by atoms with Gasteiger partial charge in [-0.2, -0.15) is 4.31 Å². The summed E-state index contributed by atoms with van der Waals surface area (Å²) in [6.07, 6.45) is 1.53. The lowest BCUT2D eigenvalue weighted by atomic mass is 10.2. The molecule has 112 valence electrons. The molecule has 0 atom stereocenters. The van der Waals surface area contributed by atoms with Crippen LogP contribution in [0.2, 0.25) is 0 Å². The van der Waals surface area contributed by atoms with Gasteiger partial charge < -0.3 is 0 Å². The Morgan fingerprint density at radius 3 is 2.52 bits per heavy atom. The zero-order valence-electron chi connectivity index (χ0n) is 11.5. The van der Waals surface area contributed by atoms with Crippen molar-refractivity contribution >= 4 is 10.0 Å². The summed E-state index contributed by atoms with van der Waals surface area (Å²) in [6, 6.07) is 6.64. The van der Waals surface area contributed by atoms with Gasteiger partial charge in [-0.3, -0.25) is 4.98 Å². The van der Waals surface area contributed by atoms with Gasteiger partial charge in [0.05, 0.1) is 12.2 Å². The van der Waals surface area contributed by atoms with Crippen molar-refractivity contribution in [3.05, 3.63) is 59.4 Å². The van der Waals surface area contributed by atoms with E-state index in [4.69, 9.17) is 0 Å². The number of halogens is 2. The largest absolute Gasteiger partial charge is 0.260 e. The van der Waals surface area contributed by atoms with E-state index in [1.165, 1.54) is 20.2 Å². The number of pyridine rings is 1. The Kier molecular flexibility index (Phi) is 4.34. The molecule has 0 aliphatic carbocycles. The van der Waals surface area contributed by atoms with Crippen molar-refractivity contribution in [1.29, 1.82) is 0 Å². The molecule has 1 heterocycles. The fourth-order valence-corrected chi connectivity index (χ4v) is 2.99. The number of hydrogen-bond acceptors (Lipinski definition) is 3. The Morgan fingerprint density at radius 1 is 1.19 bits per heavy atom. The van der Waals surface area contributed by atoms with Crippen LogP contribution in [0.3, 0.4) is 0 Å². The van der Waals surface area contributed by atoms with Crippen LogP contribution in [0, 0.1) is 18.6 Å². The molecule has 4 nitrogen and oxygen atoms in total. The average Bonchev–Trinajstić information content (AvgIpc) is 2.43. The molecular weight excluding hydrogens is 298 g/mol. The summed E-state index contributed by atoms with van der Waals surface area (Å²) in [4.78, 5) is 3.33. The lowest BCUT2D eigenvalue weighted by Crippen LogP contribution is -2.27. The highest BCUT2D eigenvalue weighted by molar-refractivity contribution is 7.89. The minimum Gasteiger partial charge on any atom is -0.260 e. The van der Waals surface area contributed by atoms with E-state index in [9.17, 15) is 17.2 Å². The molecule has 0 saturated heterocycles. The molecular formula is C14H14F2N2O2S. The number of benzene rings is 1. The molecule has 1 aromatic carbocycles. The molecule has 2 aromatic rings. The van der Waals surface area contributed by atoms with Gasteiger partial charge in [0.15, 0.2) is 0 Å². The number of sulfonamides is 1. The molecule has 0 aliphatic heterocycles. The van der Waals surface area contributed by atoms with Crippen LogP contribution in [0.5, 0.6) is 0 Å². The van der Waals surface area contributed by atoms with E-state index in [0.717, 1.165) is 10.4 Å². The van der Waals surface area contributed by atoms with E-state index in [-0.39, 0.29) is 12.1 Å². The van der Waals surface area contributed by atoms with Crippen LogP contribution in [0.15, 0.2) is 41.4 Å². The van der Waals surface area contributed by atoms with Crippen LogP contribution in [-0.2, 0) is 16.6 Å². The maximum absolute atomic E-state index is 13.8. The Morgan fingerprint density at radius 2 is 1.90 bits per heavy atom. The van der Waals surface area contributed by atoms with E-state index in [2.05, 4.69) is 4.98 Å². The molecule has 0 bridgehead atoms. The Bertz CT molecular complexity index is 749. The van der Waals surface area contributed by atoms with Crippen LogP contribution in [0.1, 0.15) is 11.3 Å². The van der Waals surface area contributed by atoms with Gasteiger partial charge in [0, 0.05) is 13.2 Å². The number of rotatable bonds is 4. The van der Waals surface area contributed by atoms with Crippen molar-refractivity contribution in [2.75, 3.05) is 7.05 Å². The molecule has 0 fully saturated rings. The first-order chi connectivity index (χ1) is 9.82. The first kappa shape index (κ1) is 15.5. The molecule has 1 aromatic heterocycles. The maximum Gasteiger partial charge on any atom is 0.246 e. The van der Waals surface area contributed by atoms with Gasteiger partial charge in [0.1, 0.15) is 16.5 Å². The predicted octanol–water partition coefficient (Wildman–Crippen LogP) is 2.49.